The van der Waals surface area contributed by atoms with Crippen molar-refractivity contribution in [3.8, 4) is 0 Å². The number of carbonyl (C=O) groups excluding carboxylic acids is 1. The molecular weight excluding hydrogens is 213 g/mol. The first kappa shape index (κ1) is 10.9. The van der Waals surface area contributed by atoms with Gasteiger partial charge in [-0.05, 0) is 12.5 Å². The molecule has 0 N–H and O–H groups in total. The molecule has 0 aliphatic heterocycles. The van der Waals surface area contributed by atoms with Crippen LogP contribution in [0.3, 0.4) is 0 Å². The molecule has 0 aromatic heterocycles. The Bertz CT molecular complexity index is 255. The molecule has 0 saturated heterocycles. The summed E-state index contributed by atoms with van der Waals surface area (Å²) in [5.74, 6) is 0.0884. The molecule has 55 valence electrons. The Hall–Kier alpha value is -0.136. The maximum Gasteiger partial charge on any atom is 0.147 e. The zero-order valence-corrected chi connectivity index (χ0v) is 9.34. The predicted molar refractivity (Wildman–Crippen MR) is 40.9 cm³/mol. The van der Waals surface area contributed by atoms with Crippen molar-refractivity contribution in [3.63, 3.8) is 0 Å². The third kappa shape index (κ3) is 3.17. The third-order valence-corrected chi connectivity index (χ3v) is 1.33. The molecule has 0 amide bonds. The van der Waals surface area contributed by atoms with Crippen molar-refractivity contribution in [2.75, 3.05) is 0 Å². The number of ketones is 1. The number of hydrogen-bond acceptors (Lipinski definition) is 1. The van der Waals surface area contributed by atoms with E-state index in [2.05, 4.69) is 6.92 Å². The van der Waals surface area contributed by atoms with Gasteiger partial charge in [0.25, 0.3) is 0 Å². The van der Waals surface area contributed by atoms with E-state index in [-0.39, 0.29) is 38.5 Å². The second kappa shape index (κ2) is 4.68. The van der Waals surface area contributed by atoms with Crippen molar-refractivity contribution in [1.29, 1.82) is 0 Å². The van der Waals surface area contributed by atoms with Gasteiger partial charge >= 0.3 is 0 Å². The van der Waals surface area contributed by atoms with Gasteiger partial charge in [-0.15, -0.1) is 6.07 Å². The molecule has 2 heteroatoms. The summed E-state index contributed by atoms with van der Waals surface area (Å²) in [6.45, 7) is 5.26. The summed E-state index contributed by atoms with van der Waals surface area (Å²) in [5, 5.41) is 0. The van der Waals surface area contributed by atoms with Crippen LogP contribution in [0.25, 0.3) is 0 Å². The Morgan fingerprint density at radius 1 is 1.45 bits per heavy atom. The number of rotatable bonds is 1. The van der Waals surface area contributed by atoms with E-state index in [1.807, 2.05) is 12.1 Å². The molecular formula is C9H9OY-. The third-order valence-electron chi connectivity index (χ3n) is 1.33. The van der Waals surface area contributed by atoms with E-state index in [0.29, 0.717) is 0 Å². The van der Waals surface area contributed by atoms with Crippen molar-refractivity contribution in [2.24, 2.45) is 0 Å². The van der Waals surface area contributed by atoms with Crippen LogP contribution in [0.1, 0.15) is 22.8 Å². The van der Waals surface area contributed by atoms with Crippen LogP contribution >= 0.6 is 0 Å². The molecule has 1 radical (unpaired) electrons. The first-order valence-electron chi connectivity index (χ1n) is 3.13. The number of hydrogen-bond donors (Lipinski definition) is 0. The largest absolute Gasteiger partial charge is 0.296 e. The zero-order valence-electron chi connectivity index (χ0n) is 6.50. The monoisotopic (exact) mass is 222 g/mol. The quantitative estimate of drug-likeness (QED) is 0.525. The van der Waals surface area contributed by atoms with Crippen LogP contribution in [0, 0.1) is 6.92 Å². The average molecular weight is 222 g/mol. The topological polar surface area (TPSA) is 17.1 Å². The van der Waals surface area contributed by atoms with Crippen LogP contribution in [0.15, 0.2) is 24.3 Å². The molecule has 0 atom stereocenters. The second-order valence-corrected chi connectivity index (χ2v) is 2.26. The van der Waals surface area contributed by atoms with E-state index in [1.165, 1.54) is 0 Å². The fourth-order valence-electron chi connectivity index (χ4n) is 0.790. The molecule has 0 spiro atoms. The number of Topliss-reactive ketones (excluding diaryl/α,β-unsaturated/α-hetero) is 1. The van der Waals surface area contributed by atoms with E-state index < -0.39 is 0 Å². The van der Waals surface area contributed by atoms with Crippen molar-refractivity contribution in [1.82, 2.24) is 0 Å². The molecule has 1 aromatic rings. The van der Waals surface area contributed by atoms with Crippen LogP contribution in [-0.2, 0) is 32.7 Å². The molecule has 1 nitrogen and oxygen atoms in total. The summed E-state index contributed by atoms with van der Waals surface area (Å²) >= 11 is 0. The molecule has 0 aliphatic rings. The summed E-state index contributed by atoms with van der Waals surface area (Å²) in [5.41, 5.74) is 1.61. The average Bonchev–Trinajstić information content (AvgIpc) is 1.88. The SMILES string of the molecule is [CH2-]c1cccc(C(C)=O)c1.[Y]. The zero-order chi connectivity index (χ0) is 7.56. The van der Waals surface area contributed by atoms with Crippen molar-refractivity contribution in [2.45, 2.75) is 6.92 Å². The molecule has 1 aromatic carbocycles. The maximum absolute atomic E-state index is 10.8. The fourth-order valence-corrected chi connectivity index (χ4v) is 0.790. The molecule has 0 fully saturated rings. The van der Waals surface area contributed by atoms with Crippen LogP contribution in [0.4, 0.5) is 0 Å². The summed E-state index contributed by atoms with van der Waals surface area (Å²) in [7, 11) is 0. The van der Waals surface area contributed by atoms with Gasteiger partial charge in [-0.1, -0.05) is 6.07 Å². The van der Waals surface area contributed by atoms with E-state index in [1.54, 1.807) is 19.1 Å². The van der Waals surface area contributed by atoms with Crippen molar-refractivity contribution >= 4 is 5.78 Å². The van der Waals surface area contributed by atoms with Gasteiger partial charge in [-0.3, -0.25) is 4.79 Å². The minimum absolute atomic E-state index is 0. The predicted octanol–water partition coefficient (Wildman–Crippen LogP) is 2.07. The molecule has 0 heterocycles. The van der Waals surface area contributed by atoms with Gasteiger partial charge in [0.1, 0.15) is 5.78 Å². The van der Waals surface area contributed by atoms with Gasteiger partial charge < -0.3 is 0 Å². The summed E-state index contributed by atoms with van der Waals surface area (Å²) in [6, 6.07) is 7.27. The van der Waals surface area contributed by atoms with E-state index in [4.69, 9.17) is 0 Å². The Morgan fingerprint density at radius 2 is 2.09 bits per heavy atom. The van der Waals surface area contributed by atoms with Gasteiger partial charge in [-0.25, -0.2) is 0 Å². The van der Waals surface area contributed by atoms with Crippen LogP contribution in [0.2, 0.25) is 0 Å². The standard InChI is InChI=1S/C9H9O.Y/c1-7-4-3-5-9(6-7)8(2)10;/h3-6H,1H2,2H3;/q-1;. The molecule has 11 heavy (non-hydrogen) atoms. The molecule has 0 bridgehead atoms. The Morgan fingerprint density at radius 3 is 2.45 bits per heavy atom. The summed E-state index contributed by atoms with van der Waals surface area (Å²) in [6.07, 6.45) is 0. The summed E-state index contributed by atoms with van der Waals surface area (Å²) < 4.78 is 0. The first-order chi connectivity index (χ1) is 4.70. The van der Waals surface area contributed by atoms with Gasteiger partial charge in [-0.2, -0.15) is 24.6 Å². The van der Waals surface area contributed by atoms with Crippen LogP contribution in [-0.4, -0.2) is 5.78 Å². The minimum atomic E-state index is 0. The van der Waals surface area contributed by atoms with E-state index in [0.717, 1.165) is 11.1 Å². The van der Waals surface area contributed by atoms with Crippen LogP contribution < -0.4 is 0 Å². The number of carbonyl (C=O) groups is 1. The normalized spacial score (nSPS) is 8.45. The van der Waals surface area contributed by atoms with Crippen LogP contribution in [0.5, 0.6) is 0 Å². The van der Waals surface area contributed by atoms with Gasteiger partial charge in [0.15, 0.2) is 0 Å². The fraction of sp³-hybridized carbons (Fsp3) is 0.111. The van der Waals surface area contributed by atoms with Gasteiger partial charge in [0.2, 0.25) is 0 Å². The van der Waals surface area contributed by atoms with Gasteiger partial charge in [0.05, 0.1) is 0 Å². The Balaban J connectivity index is 0.000001000. The van der Waals surface area contributed by atoms with E-state index >= 15 is 0 Å². The maximum atomic E-state index is 10.8. The first-order valence-corrected chi connectivity index (χ1v) is 3.13. The Kier molecular flexibility index (Phi) is 4.63. The van der Waals surface area contributed by atoms with Crippen molar-refractivity contribution < 1.29 is 37.5 Å². The second-order valence-electron chi connectivity index (χ2n) is 2.26. The molecule has 0 unspecified atom stereocenters. The molecule has 0 saturated carbocycles. The van der Waals surface area contributed by atoms with Gasteiger partial charge in [0, 0.05) is 32.7 Å². The summed E-state index contributed by atoms with van der Waals surface area (Å²) in [4.78, 5) is 10.8. The minimum Gasteiger partial charge on any atom is -0.296 e. The molecule has 0 aliphatic carbocycles. The number of benzene rings is 1. The Labute approximate surface area is 92.1 Å². The van der Waals surface area contributed by atoms with Crippen molar-refractivity contribution in [3.05, 3.63) is 42.3 Å². The smallest absolute Gasteiger partial charge is 0.147 e. The van der Waals surface area contributed by atoms with E-state index in [9.17, 15) is 4.79 Å². The molecule has 1 rings (SSSR count).